The SMILES string of the molecule is COc1cc(OC)c([C@H](N)CCCCN)c(OC)c1.Cl. The fraction of sp³-hybridized carbons (Fsp3) is 0.571. The molecule has 0 saturated heterocycles. The van der Waals surface area contributed by atoms with E-state index < -0.39 is 0 Å². The van der Waals surface area contributed by atoms with Gasteiger partial charge in [-0.2, -0.15) is 0 Å². The highest BCUT2D eigenvalue weighted by Gasteiger charge is 2.19. The van der Waals surface area contributed by atoms with Crippen molar-refractivity contribution in [3.8, 4) is 17.2 Å². The maximum absolute atomic E-state index is 6.24. The van der Waals surface area contributed by atoms with Gasteiger partial charge in [0.15, 0.2) is 0 Å². The fourth-order valence-corrected chi connectivity index (χ4v) is 2.05. The molecule has 0 spiro atoms. The van der Waals surface area contributed by atoms with Gasteiger partial charge in [0.05, 0.1) is 26.9 Å². The first-order chi connectivity index (χ1) is 9.17. The quantitative estimate of drug-likeness (QED) is 0.720. The maximum atomic E-state index is 6.24. The largest absolute Gasteiger partial charge is 0.496 e. The van der Waals surface area contributed by atoms with Gasteiger partial charge in [0.2, 0.25) is 0 Å². The second-order valence-corrected chi connectivity index (χ2v) is 4.34. The monoisotopic (exact) mass is 304 g/mol. The minimum absolute atomic E-state index is 0. The molecule has 0 amide bonds. The number of nitrogens with two attached hydrogens (primary N) is 2. The van der Waals surface area contributed by atoms with E-state index in [1.165, 1.54) is 0 Å². The summed E-state index contributed by atoms with van der Waals surface area (Å²) in [6.45, 7) is 0.684. The Labute approximate surface area is 127 Å². The Morgan fingerprint density at radius 3 is 1.95 bits per heavy atom. The summed E-state index contributed by atoms with van der Waals surface area (Å²) < 4.78 is 16.0. The Morgan fingerprint density at radius 1 is 1.00 bits per heavy atom. The zero-order valence-electron chi connectivity index (χ0n) is 12.3. The van der Waals surface area contributed by atoms with Crippen LogP contribution in [0.5, 0.6) is 17.2 Å². The first-order valence-corrected chi connectivity index (χ1v) is 6.43. The highest BCUT2D eigenvalue weighted by molar-refractivity contribution is 5.85. The van der Waals surface area contributed by atoms with Crippen LogP contribution in [0.3, 0.4) is 0 Å². The van der Waals surface area contributed by atoms with Crippen molar-refractivity contribution in [3.05, 3.63) is 17.7 Å². The standard InChI is InChI=1S/C14H24N2O3.ClH/c1-17-10-8-12(18-2)14(13(9-10)19-3)11(16)6-4-5-7-15;/h8-9,11H,4-7,15-16H2,1-3H3;1H/t11-;/m1./s1. The molecule has 1 aromatic rings. The van der Waals surface area contributed by atoms with E-state index in [1.54, 1.807) is 21.3 Å². The van der Waals surface area contributed by atoms with Crippen LogP contribution in [0.15, 0.2) is 12.1 Å². The molecular formula is C14H25ClN2O3. The highest BCUT2D eigenvalue weighted by Crippen LogP contribution is 2.38. The number of unbranched alkanes of at least 4 members (excludes halogenated alkanes) is 1. The van der Waals surface area contributed by atoms with Crippen molar-refractivity contribution in [1.29, 1.82) is 0 Å². The molecule has 0 bridgehead atoms. The summed E-state index contributed by atoms with van der Waals surface area (Å²) >= 11 is 0. The van der Waals surface area contributed by atoms with Crippen molar-refractivity contribution in [2.45, 2.75) is 25.3 Å². The van der Waals surface area contributed by atoms with E-state index in [1.807, 2.05) is 12.1 Å². The van der Waals surface area contributed by atoms with Crippen LogP contribution in [0.4, 0.5) is 0 Å². The topological polar surface area (TPSA) is 79.7 Å². The lowest BCUT2D eigenvalue weighted by molar-refractivity contribution is 0.362. The van der Waals surface area contributed by atoms with Crippen LogP contribution < -0.4 is 25.7 Å². The summed E-state index contributed by atoms with van der Waals surface area (Å²) in [5.74, 6) is 2.07. The predicted octanol–water partition coefficient (Wildman–Crippen LogP) is 2.26. The van der Waals surface area contributed by atoms with Gasteiger partial charge in [0.1, 0.15) is 17.2 Å². The zero-order valence-corrected chi connectivity index (χ0v) is 13.2. The molecular weight excluding hydrogens is 280 g/mol. The lowest BCUT2D eigenvalue weighted by atomic mass is 9.99. The molecule has 20 heavy (non-hydrogen) atoms. The minimum atomic E-state index is -0.137. The Balaban J connectivity index is 0.00000361. The molecule has 5 nitrogen and oxygen atoms in total. The van der Waals surface area contributed by atoms with Crippen LogP contribution in [0, 0.1) is 0 Å². The van der Waals surface area contributed by atoms with Gasteiger partial charge in [-0.3, -0.25) is 0 Å². The third-order valence-corrected chi connectivity index (χ3v) is 3.09. The molecule has 0 heterocycles. The van der Waals surface area contributed by atoms with Crippen LogP contribution in [-0.2, 0) is 0 Å². The highest BCUT2D eigenvalue weighted by atomic mass is 35.5. The number of hydrogen-bond acceptors (Lipinski definition) is 5. The second kappa shape index (κ2) is 9.69. The van der Waals surface area contributed by atoms with E-state index in [0.717, 1.165) is 24.8 Å². The van der Waals surface area contributed by atoms with Crippen LogP contribution in [0.2, 0.25) is 0 Å². The van der Waals surface area contributed by atoms with Crippen LogP contribution >= 0.6 is 12.4 Å². The number of ether oxygens (including phenoxy) is 3. The molecule has 4 N–H and O–H groups in total. The van der Waals surface area contributed by atoms with Crippen molar-refractivity contribution in [2.75, 3.05) is 27.9 Å². The van der Waals surface area contributed by atoms with Crippen LogP contribution in [0.1, 0.15) is 30.9 Å². The molecule has 0 radical (unpaired) electrons. The van der Waals surface area contributed by atoms with Crippen molar-refractivity contribution < 1.29 is 14.2 Å². The van der Waals surface area contributed by atoms with Crippen LogP contribution in [-0.4, -0.2) is 27.9 Å². The average molecular weight is 305 g/mol. The van der Waals surface area contributed by atoms with Gasteiger partial charge in [0.25, 0.3) is 0 Å². The van der Waals surface area contributed by atoms with Gasteiger partial charge in [-0.05, 0) is 19.4 Å². The molecule has 0 unspecified atom stereocenters. The molecule has 0 aliphatic rings. The Bertz CT molecular complexity index is 377. The molecule has 0 aliphatic carbocycles. The first kappa shape index (κ1) is 18.8. The van der Waals surface area contributed by atoms with Gasteiger partial charge in [-0.15, -0.1) is 12.4 Å². The number of rotatable bonds is 8. The van der Waals surface area contributed by atoms with Gasteiger partial charge in [-0.1, -0.05) is 6.42 Å². The lowest BCUT2D eigenvalue weighted by Crippen LogP contribution is -2.14. The fourth-order valence-electron chi connectivity index (χ4n) is 2.05. The maximum Gasteiger partial charge on any atom is 0.131 e. The van der Waals surface area contributed by atoms with E-state index >= 15 is 0 Å². The number of halogens is 1. The molecule has 1 atom stereocenters. The zero-order chi connectivity index (χ0) is 14.3. The Morgan fingerprint density at radius 2 is 1.55 bits per heavy atom. The van der Waals surface area contributed by atoms with E-state index in [-0.39, 0.29) is 18.4 Å². The normalized spacial score (nSPS) is 11.4. The average Bonchev–Trinajstić information content (AvgIpc) is 2.45. The smallest absolute Gasteiger partial charge is 0.131 e. The number of benzene rings is 1. The molecule has 0 aromatic heterocycles. The summed E-state index contributed by atoms with van der Waals surface area (Å²) in [7, 11) is 4.84. The summed E-state index contributed by atoms with van der Waals surface area (Å²) in [5.41, 5.74) is 12.6. The molecule has 1 rings (SSSR count). The molecule has 0 saturated carbocycles. The van der Waals surface area contributed by atoms with E-state index in [4.69, 9.17) is 25.7 Å². The number of methoxy groups -OCH3 is 3. The second-order valence-electron chi connectivity index (χ2n) is 4.34. The molecule has 0 aliphatic heterocycles. The lowest BCUT2D eigenvalue weighted by Gasteiger charge is -2.20. The van der Waals surface area contributed by atoms with Gasteiger partial charge < -0.3 is 25.7 Å². The summed E-state index contributed by atoms with van der Waals surface area (Å²) in [6.07, 6.45) is 2.79. The summed E-state index contributed by atoms with van der Waals surface area (Å²) in [4.78, 5) is 0. The third kappa shape index (κ3) is 4.74. The summed E-state index contributed by atoms with van der Waals surface area (Å²) in [5, 5.41) is 0. The van der Waals surface area contributed by atoms with E-state index in [2.05, 4.69) is 0 Å². The van der Waals surface area contributed by atoms with Crippen molar-refractivity contribution >= 4 is 12.4 Å². The summed E-state index contributed by atoms with van der Waals surface area (Å²) in [6, 6.07) is 3.50. The molecule has 0 fully saturated rings. The first-order valence-electron chi connectivity index (χ1n) is 6.43. The Hall–Kier alpha value is -1.17. The van der Waals surface area contributed by atoms with E-state index in [9.17, 15) is 0 Å². The van der Waals surface area contributed by atoms with Gasteiger partial charge in [-0.25, -0.2) is 0 Å². The van der Waals surface area contributed by atoms with Crippen molar-refractivity contribution in [1.82, 2.24) is 0 Å². The third-order valence-electron chi connectivity index (χ3n) is 3.09. The van der Waals surface area contributed by atoms with Gasteiger partial charge in [0, 0.05) is 18.2 Å². The van der Waals surface area contributed by atoms with E-state index in [0.29, 0.717) is 23.8 Å². The van der Waals surface area contributed by atoms with Crippen LogP contribution in [0.25, 0.3) is 0 Å². The minimum Gasteiger partial charge on any atom is -0.496 e. The van der Waals surface area contributed by atoms with Crippen molar-refractivity contribution in [2.24, 2.45) is 11.5 Å². The number of hydrogen-bond donors (Lipinski definition) is 2. The predicted molar refractivity (Wildman–Crippen MR) is 83.2 cm³/mol. The Kier molecular flexibility index (Phi) is 9.12. The molecule has 6 heteroatoms. The van der Waals surface area contributed by atoms with Crippen molar-refractivity contribution in [3.63, 3.8) is 0 Å². The van der Waals surface area contributed by atoms with Gasteiger partial charge >= 0.3 is 0 Å². The molecule has 116 valence electrons. The molecule has 1 aromatic carbocycles.